The first-order valence-electron chi connectivity index (χ1n) is 4.45. The molecule has 0 aliphatic rings. The summed E-state index contributed by atoms with van der Waals surface area (Å²) >= 11 is 3.32. The van der Waals surface area contributed by atoms with Crippen LogP contribution in [-0.4, -0.2) is 11.4 Å². The Morgan fingerprint density at radius 1 is 1.42 bits per heavy atom. The smallest absolute Gasteiger partial charge is 0.0470 e. The zero-order valence-corrected chi connectivity index (χ0v) is 9.13. The number of nitrogens with zero attached hydrogens (tertiary/aromatic N) is 3. The fourth-order valence-corrected chi connectivity index (χ4v) is 1.50. The molecule has 0 saturated heterocycles. The van der Waals surface area contributed by atoms with Crippen LogP contribution in [0.5, 0.6) is 0 Å². The summed E-state index contributed by atoms with van der Waals surface area (Å²) < 4.78 is 0. The molecule has 0 N–H and O–H groups in total. The average molecular weight is 234 g/mol. The summed E-state index contributed by atoms with van der Waals surface area (Å²) in [6.07, 6.45) is 5.96. The molecule has 70 valence electrons. The van der Waals surface area contributed by atoms with Crippen LogP contribution in [0.4, 0.5) is 0 Å². The SMILES string of the molecule is CCCCCCC(CBr)N=[N+]=[N-]. The van der Waals surface area contributed by atoms with Crippen LogP contribution in [0.15, 0.2) is 5.11 Å². The van der Waals surface area contributed by atoms with Crippen LogP contribution < -0.4 is 0 Å². The van der Waals surface area contributed by atoms with E-state index >= 15 is 0 Å². The van der Waals surface area contributed by atoms with Gasteiger partial charge in [0.1, 0.15) is 0 Å². The first-order chi connectivity index (χ1) is 5.85. The number of azide groups is 1. The molecule has 0 spiro atoms. The van der Waals surface area contributed by atoms with E-state index in [9.17, 15) is 0 Å². The van der Waals surface area contributed by atoms with E-state index in [0.29, 0.717) is 0 Å². The van der Waals surface area contributed by atoms with Crippen molar-refractivity contribution in [1.82, 2.24) is 0 Å². The van der Waals surface area contributed by atoms with Crippen molar-refractivity contribution in [3.05, 3.63) is 10.4 Å². The summed E-state index contributed by atoms with van der Waals surface area (Å²) in [5, 5.41) is 4.45. The van der Waals surface area contributed by atoms with E-state index in [4.69, 9.17) is 5.53 Å². The van der Waals surface area contributed by atoms with E-state index < -0.39 is 0 Å². The Hall–Kier alpha value is -0.210. The van der Waals surface area contributed by atoms with Gasteiger partial charge in [0.25, 0.3) is 0 Å². The minimum absolute atomic E-state index is 0.145. The first-order valence-corrected chi connectivity index (χ1v) is 5.57. The molecule has 0 aliphatic carbocycles. The predicted octanol–water partition coefficient (Wildman–Crippen LogP) is 4.03. The van der Waals surface area contributed by atoms with Gasteiger partial charge in [0, 0.05) is 16.3 Å². The van der Waals surface area contributed by atoms with Crippen LogP contribution >= 0.6 is 15.9 Å². The van der Waals surface area contributed by atoms with Crippen molar-refractivity contribution >= 4 is 15.9 Å². The highest BCUT2D eigenvalue weighted by Crippen LogP contribution is 2.10. The van der Waals surface area contributed by atoms with Gasteiger partial charge in [-0.15, -0.1) is 0 Å². The first kappa shape index (κ1) is 11.8. The van der Waals surface area contributed by atoms with Crippen LogP contribution in [-0.2, 0) is 0 Å². The third-order valence-corrected chi connectivity index (χ3v) is 2.53. The Morgan fingerprint density at radius 2 is 2.17 bits per heavy atom. The lowest BCUT2D eigenvalue weighted by molar-refractivity contribution is 0.579. The van der Waals surface area contributed by atoms with Crippen molar-refractivity contribution in [2.45, 2.75) is 45.1 Å². The quantitative estimate of drug-likeness (QED) is 0.210. The largest absolute Gasteiger partial charge is 0.0924 e. The molecule has 0 fully saturated rings. The molecule has 0 rings (SSSR count). The molecule has 12 heavy (non-hydrogen) atoms. The molecule has 3 nitrogen and oxygen atoms in total. The second-order valence-electron chi connectivity index (χ2n) is 2.86. The molecule has 0 aromatic rings. The van der Waals surface area contributed by atoms with Crippen molar-refractivity contribution in [1.29, 1.82) is 0 Å². The van der Waals surface area contributed by atoms with E-state index in [2.05, 4.69) is 32.9 Å². The van der Waals surface area contributed by atoms with Crippen LogP contribution in [0, 0.1) is 0 Å². The molecule has 4 heteroatoms. The zero-order valence-electron chi connectivity index (χ0n) is 7.54. The van der Waals surface area contributed by atoms with Gasteiger partial charge < -0.3 is 0 Å². The monoisotopic (exact) mass is 233 g/mol. The summed E-state index contributed by atoms with van der Waals surface area (Å²) in [7, 11) is 0. The normalized spacial score (nSPS) is 12.2. The maximum Gasteiger partial charge on any atom is 0.0470 e. The fraction of sp³-hybridized carbons (Fsp3) is 1.00. The van der Waals surface area contributed by atoms with Gasteiger partial charge in [-0.2, -0.15) is 0 Å². The minimum Gasteiger partial charge on any atom is -0.0924 e. The number of unbranched alkanes of at least 4 members (excludes halogenated alkanes) is 3. The van der Waals surface area contributed by atoms with E-state index in [1.165, 1.54) is 25.7 Å². The van der Waals surface area contributed by atoms with Crippen LogP contribution in [0.3, 0.4) is 0 Å². The second-order valence-corrected chi connectivity index (χ2v) is 3.51. The second kappa shape index (κ2) is 8.88. The van der Waals surface area contributed by atoms with Crippen LogP contribution in [0.25, 0.3) is 10.4 Å². The van der Waals surface area contributed by atoms with E-state index in [0.717, 1.165) is 11.8 Å². The molecule has 0 aromatic carbocycles. The standard InChI is InChI=1S/C8H16BrN3/c1-2-3-4-5-6-8(7-9)11-12-10/h8H,2-7H2,1H3. The highest BCUT2D eigenvalue weighted by molar-refractivity contribution is 9.09. The highest BCUT2D eigenvalue weighted by atomic mass is 79.9. The van der Waals surface area contributed by atoms with Crippen molar-refractivity contribution in [3.8, 4) is 0 Å². The topological polar surface area (TPSA) is 48.8 Å². The lowest BCUT2D eigenvalue weighted by atomic mass is 10.1. The lowest BCUT2D eigenvalue weighted by Crippen LogP contribution is -2.04. The van der Waals surface area contributed by atoms with Gasteiger partial charge in [-0.3, -0.25) is 0 Å². The predicted molar refractivity (Wildman–Crippen MR) is 55.5 cm³/mol. The third kappa shape index (κ3) is 6.50. The number of rotatable bonds is 7. The number of hydrogen-bond donors (Lipinski definition) is 0. The van der Waals surface area contributed by atoms with Crippen molar-refractivity contribution < 1.29 is 0 Å². The molecule has 1 unspecified atom stereocenters. The van der Waals surface area contributed by atoms with Crippen molar-refractivity contribution in [2.75, 3.05) is 5.33 Å². The summed E-state index contributed by atoms with van der Waals surface area (Å²) in [4.78, 5) is 2.80. The van der Waals surface area contributed by atoms with E-state index in [1.807, 2.05) is 0 Å². The molecule has 0 aromatic heterocycles. The Labute approximate surface area is 82.3 Å². The highest BCUT2D eigenvalue weighted by Gasteiger charge is 2.02. The molecule has 0 heterocycles. The molecule has 0 aliphatic heterocycles. The summed E-state index contributed by atoms with van der Waals surface area (Å²) in [6.45, 7) is 2.19. The molecule has 1 atom stereocenters. The van der Waals surface area contributed by atoms with Crippen LogP contribution in [0.2, 0.25) is 0 Å². The molecule has 0 amide bonds. The van der Waals surface area contributed by atoms with Gasteiger partial charge in [-0.05, 0) is 12.0 Å². The maximum atomic E-state index is 8.21. The number of hydrogen-bond acceptors (Lipinski definition) is 1. The fourth-order valence-electron chi connectivity index (χ4n) is 1.05. The Morgan fingerprint density at radius 3 is 2.67 bits per heavy atom. The number of alkyl halides is 1. The van der Waals surface area contributed by atoms with Crippen molar-refractivity contribution in [3.63, 3.8) is 0 Å². The molecule has 0 radical (unpaired) electrons. The molecule has 0 saturated carbocycles. The average Bonchev–Trinajstić information content (AvgIpc) is 2.10. The van der Waals surface area contributed by atoms with E-state index in [-0.39, 0.29) is 6.04 Å². The Kier molecular flexibility index (Phi) is 8.73. The third-order valence-electron chi connectivity index (χ3n) is 1.78. The lowest BCUT2D eigenvalue weighted by Gasteiger charge is -2.05. The zero-order chi connectivity index (χ0) is 9.23. The van der Waals surface area contributed by atoms with Gasteiger partial charge in [0.05, 0.1) is 0 Å². The summed E-state index contributed by atoms with van der Waals surface area (Å²) in [5.74, 6) is 0. The summed E-state index contributed by atoms with van der Waals surface area (Å²) in [5.41, 5.74) is 8.21. The molecule has 0 bridgehead atoms. The molecular formula is C8H16BrN3. The molecular weight excluding hydrogens is 218 g/mol. The maximum absolute atomic E-state index is 8.21. The van der Waals surface area contributed by atoms with Gasteiger partial charge in [-0.1, -0.05) is 53.7 Å². The van der Waals surface area contributed by atoms with Gasteiger partial charge in [-0.25, -0.2) is 0 Å². The van der Waals surface area contributed by atoms with E-state index in [1.54, 1.807) is 0 Å². The van der Waals surface area contributed by atoms with Gasteiger partial charge in [0.2, 0.25) is 0 Å². The van der Waals surface area contributed by atoms with Crippen LogP contribution in [0.1, 0.15) is 39.0 Å². The summed E-state index contributed by atoms with van der Waals surface area (Å²) in [6, 6.07) is 0.145. The van der Waals surface area contributed by atoms with Gasteiger partial charge >= 0.3 is 0 Å². The Balaban J connectivity index is 3.38. The Bertz CT molecular complexity index is 143. The minimum atomic E-state index is 0.145. The number of halogens is 1. The van der Waals surface area contributed by atoms with Crippen molar-refractivity contribution in [2.24, 2.45) is 5.11 Å². The van der Waals surface area contributed by atoms with Gasteiger partial charge in [0.15, 0.2) is 0 Å².